The molecule has 0 fully saturated rings. The van der Waals surface area contributed by atoms with Crippen LogP contribution in [0, 0.1) is 0 Å². The van der Waals surface area contributed by atoms with Crippen LogP contribution in [-0.4, -0.2) is 0 Å². The molecule has 2 rings (SSSR count). The van der Waals surface area contributed by atoms with Gasteiger partial charge in [-0.05, 0) is 48.4 Å². The van der Waals surface area contributed by atoms with Crippen molar-refractivity contribution >= 4 is 5.69 Å². The zero-order valence-electron chi connectivity index (χ0n) is 8.72. The Morgan fingerprint density at radius 2 is 2.14 bits per heavy atom. The number of rotatable bonds is 2. The van der Waals surface area contributed by atoms with Gasteiger partial charge >= 0.3 is 0 Å². The number of anilines is 1. The number of hydrogen-bond donors (Lipinski definition) is 2. The second-order valence-corrected chi connectivity index (χ2v) is 4.07. The third-order valence-corrected chi connectivity index (χ3v) is 3.17. The number of benzene rings is 1. The van der Waals surface area contributed by atoms with E-state index in [-0.39, 0.29) is 6.04 Å². The summed E-state index contributed by atoms with van der Waals surface area (Å²) in [6.45, 7) is 2.11. The van der Waals surface area contributed by atoms with E-state index in [2.05, 4.69) is 13.0 Å². The number of fused-ring (bicyclic) bond motifs is 1. The van der Waals surface area contributed by atoms with Crippen molar-refractivity contribution in [1.29, 1.82) is 0 Å². The SMILES string of the molecule is CC[C@H](N)c1c(N)ccc2c1CCC2. The first-order valence-corrected chi connectivity index (χ1v) is 5.39. The molecule has 0 saturated carbocycles. The largest absolute Gasteiger partial charge is 0.398 e. The number of nitrogen functional groups attached to an aromatic ring is 1. The molecule has 1 aromatic rings. The zero-order valence-corrected chi connectivity index (χ0v) is 8.72. The first-order chi connectivity index (χ1) is 6.74. The Hall–Kier alpha value is -1.02. The Morgan fingerprint density at radius 1 is 1.36 bits per heavy atom. The second-order valence-electron chi connectivity index (χ2n) is 4.07. The van der Waals surface area contributed by atoms with Gasteiger partial charge in [-0.3, -0.25) is 0 Å². The predicted molar refractivity (Wildman–Crippen MR) is 60.1 cm³/mol. The van der Waals surface area contributed by atoms with E-state index in [1.165, 1.54) is 29.5 Å². The molecule has 1 aliphatic carbocycles. The monoisotopic (exact) mass is 190 g/mol. The first kappa shape index (κ1) is 9.53. The molecule has 0 heterocycles. The van der Waals surface area contributed by atoms with Crippen molar-refractivity contribution in [3.63, 3.8) is 0 Å². The first-order valence-electron chi connectivity index (χ1n) is 5.39. The molecule has 0 saturated heterocycles. The highest BCUT2D eigenvalue weighted by Gasteiger charge is 2.19. The van der Waals surface area contributed by atoms with E-state index >= 15 is 0 Å². The van der Waals surface area contributed by atoms with Gasteiger partial charge in [-0.25, -0.2) is 0 Å². The number of nitrogens with two attached hydrogens (primary N) is 2. The molecule has 1 atom stereocenters. The molecule has 2 heteroatoms. The summed E-state index contributed by atoms with van der Waals surface area (Å²) < 4.78 is 0. The van der Waals surface area contributed by atoms with Crippen LogP contribution in [0.3, 0.4) is 0 Å². The minimum absolute atomic E-state index is 0.114. The van der Waals surface area contributed by atoms with Gasteiger partial charge in [0, 0.05) is 11.7 Å². The van der Waals surface area contributed by atoms with Crippen LogP contribution in [0.25, 0.3) is 0 Å². The van der Waals surface area contributed by atoms with Crippen LogP contribution in [0.2, 0.25) is 0 Å². The quantitative estimate of drug-likeness (QED) is 0.702. The topological polar surface area (TPSA) is 52.0 Å². The molecule has 76 valence electrons. The molecule has 0 bridgehead atoms. The van der Waals surface area contributed by atoms with Gasteiger partial charge in [0.25, 0.3) is 0 Å². The Kier molecular flexibility index (Phi) is 2.46. The summed E-state index contributed by atoms with van der Waals surface area (Å²) >= 11 is 0. The van der Waals surface area contributed by atoms with Crippen LogP contribution in [0.1, 0.15) is 42.5 Å². The fourth-order valence-electron chi connectivity index (χ4n) is 2.36. The van der Waals surface area contributed by atoms with E-state index in [0.717, 1.165) is 18.5 Å². The van der Waals surface area contributed by atoms with Gasteiger partial charge in [0.2, 0.25) is 0 Å². The van der Waals surface area contributed by atoms with Crippen LogP contribution in [0.15, 0.2) is 12.1 Å². The Bertz CT molecular complexity index is 344. The van der Waals surface area contributed by atoms with Gasteiger partial charge in [-0.2, -0.15) is 0 Å². The molecule has 2 nitrogen and oxygen atoms in total. The maximum atomic E-state index is 6.09. The molecular weight excluding hydrogens is 172 g/mol. The summed E-state index contributed by atoms with van der Waals surface area (Å²) in [5.74, 6) is 0. The van der Waals surface area contributed by atoms with Crippen LogP contribution >= 0.6 is 0 Å². The third kappa shape index (κ3) is 1.40. The lowest BCUT2D eigenvalue weighted by atomic mass is 9.94. The van der Waals surface area contributed by atoms with E-state index < -0.39 is 0 Å². The van der Waals surface area contributed by atoms with Gasteiger partial charge in [0.15, 0.2) is 0 Å². The highest BCUT2D eigenvalue weighted by atomic mass is 14.7. The van der Waals surface area contributed by atoms with E-state index in [1.54, 1.807) is 0 Å². The fraction of sp³-hybridized carbons (Fsp3) is 0.500. The minimum atomic E-state index is 0.114. The van der Waals surface area contributed by atoms with Gasteiger partial charge in [0.05, 0.1) is 0 Å². The van der Waals surface area contributed by atoms with Crippen molar-refractivity contribution in [3.8, 4) is 0 Å². The predicted octanol–water partition coefficient (Wildman–Crippen LogP) is 2.17. The summed E-state index contributed by atoms with van der Waals surface area (Å²) in [4.78, 5) is 0. The summed E-state index contributed by atoms with van der Waals surface area (Å²) in [6, 6.07) is 4.28. The Morgan fingerprint density at radius 3 is 2.86 bits per heavy atom. The summed E-state index contributed by atoms with van der Waals surface area (Å²) in [5.41, 5.74) is 17.1. The lowest BCUT2D eigenvalue weighted by molar-refractivity contribution is 0.692. The van der Waals surface area contributed by atoms with E-state index in [0.29, 0.717) is 0 Å². The molecule has 1 aliphatic rings. The van der Waals surface area contributed by atoms with E-state index in [9.17, 15) is 0 Å². The normalized spacial score (nSPS) is 16.7. The van der Waals surface area contributed by atoms with Crippen LogP contribution in [-0.2, 0) is 12.8 Å². The van der Waals surface area contributed by atoms with Crippen molar-refractivity contribution in [2.24, 2.45) is 5.73 Å². The molecule has 0 radical (unpaired) electrons. The summed E-state index contributed by atoms with van der Waals surface area (Å²) in [6.07, 6.45) is 4.56. The van der Waals surface area contributed by atoms with Crippen LogP contribution in [0.5, 0.6) is 0 Å². The number of hydrogen-bond acceptors (Lipinski definition) is 2. The van der Waals surface area contributed by atoms with Crippen molar-refractivity contribution in [2.75, 3.05) is 5.73 Å². The molecular formula is C12H18N2. The van der Waals surface area contributed by atoms with Crippen LogP contribution in [0.4, 0.5) is 5.69 Å². The molecule has 14 heavy (non-hydrogen) atoms. The third-order valence-electron chi connectivity index (χ3n) is 3.17. The maximum Gasteiger partial charge on any atom is 0.0365 e. The lowest BCUT2D eigenvalue weighted by Crippen LogP contribution is -2.14. The van der Waals surface area contributed by atoms with Gasteiger partial charge < -0.3 is 11.5 Å². The number of aryl methyl sites for hydroxylation is 1. The molecule has 1 aromatic carbocycles. The smallest absolute Gasteiger partial charge is 0.0365 e. The highest BCUT2D eigenvalue weighted by molar-refractivity contribution is 5.56. The maximum absolute atomic E-state index is 6.09. The van der Waals surface area contributed by atoms with Gasteiger partial charge in [-0.1, -0.05) is 13.0 Å². The van der Waals surface area contributed by atoms with Crippen molar-refractivity contribution in [2.45, 2.75) is 38.6 Å². The minimum Gasteiger partial charge on any atom is -0.398 e. The molecule has 0 amide bonds. The van der Waals surface area contributed by atoms with Crippen LogP contribution < -0.4 is 11.5 Å². The second kappa shape index (κ2) is 3.62. The van der Waals surface area contributed by atoms with E-state index in [1.807, 2.05) is 6.07 Å². The van der Waals surface area contributed by atoms with Crippen molar-refractivity contribution < 1.29 is 0 Å². The van der Waals surface area contributed by atoms with E-state index in [4.69, 9.17) is 11.5 Å². The Labute approximate surface area is 85.3 Å². The average Bonchev–Trinajstić information content (AvgIpc) is 2.64. The highest BCUT2D eigenvalue weighted by Crippen LogP contribution is 2.33. The summed E-state index contributed by atoms with van der Waals surface area (Å²) in [5, 5.41) is 0. The van der Waals surface area contributed by atoms with Crippen molar-refractivity contribution in [1.82, 2.24) is 0 Å². The standard InChI is InChI=1S/C12H18N2/c1-2-10(13)12-9-5-3-4-8(9)6-7-11(12)14/h6-7,10H,2-5,13-14H2,1H3/t10-/m0/s1. The van der Waals surface area contributed by atoms with Gasteiger partial charge in [-0.15, -0.1) is 0 Å². The zero-order chi connectivity index (χ0) is 10.1. The summed E-state index contributed by atoms with van der Waals surface area (Å²) in [7, 11) is 0. The Balaban J connectivity index is 2.51. The molecule has 0 spiro atoms. The molecule has 4 N–H and O–H groups in total. The van der Waals surface area contributed by atoms with Gasteiger partial charge in [0.1, 0.15) is 0 Å². The average molecular weight is 190 g/mol. The molecule has 0 aliphatic heterocycles. The lowest BCUT2D eigenvalue weighted by Gasteiger charge is -2.17. The fourth-order valence-corrected chi connectivity index (χ4v) is 2.36. The molecule has 0 unspecified atom stereocenters. The molecule has 0 aromatic heterocycles. The van der Waals surface area contributed by atoms with Crippen molar-refractivity contribution in [3.05, 3.63) is 28.8 Å².